The summed E-state index contributed by atoms with van der Waals surface area (Å²) in [7, 11) is 0. The number of pyridine rings is 1. The van der Waals surface area contributed by atoms with Gasteiger partial charge in [0.15, 0.2) is 0 Å². The molecule has 5 heteroatoms. The molecule has 122 valence electrons. The van der Waals surface area contributed by atoms with E-state index in [4.69, 9.17) is 0 Å². The number of aromatic nitrogens is 1. The third-order valence-electron chi connectivity index (χ3n) is 4.24. The third kappa shape index (κ3) is 4.31. The molecule has 4 nitrogen and oxygen atoms in total. The summed E-state index contributed by atoms with van der Waals surface area (Å²) in [6.45, 7) is 5.37. The fourth-order valence-electron chi connectivity index (χ4n) is 2.91. The number of likely N-dealkylation sites (tertiary alicyclic amines) is 1. The molecule has 2 N–H and O–H groups in total. The Hall–Kier alpha value is -1.43. The topological polar surface area (TPSA) is 48.4 Å². The van der Waals surface area contributed by atoms with Gasteiger partial charge in [0, 0.05) is 30.7 Å². The van der Waals surface area contributed by atoms with Gasteiger partial charge in [-0.15, -0.1) is 0 Å². The Morgan fingerprint density at radius 3 is 2.74 bits per heavy atom. The Kier molecular flexibility index (Phi) is 5.30. The zero-order valence-corrected chi connectivity index (χ0v) is 14.9. The maximum atomic E-state index is 9.68. The highest BCUT2D eigenvalue weighted by Gasteiger charge is 2.20. The fourth-order valence-corrected chi connectivity index (χ4v) is 3.13. The van der Waals surface area contributed by atoms with Crippen molar-refractivity contribution in [2.24, 2.45) is 0 Å². The summed E-state index contributed by atoms with van der Waals surface area (Å²) in [5, 5.41) is 13.1. The standard InChI is InChI=1S/C18H22BrN3O/c1-13-17(19)6-7-18(21-13)20-10-14-4-2-3-5-15(14)11-22-9-8-16(23)12-22/h2-7,16,23H,8-12H2,1H3,(H,20,21). The van der Waals surface area contributed by atoms with Crippen LogP contribution in [0.1, 0.15) is 23.2 Å². The molecule has 1 aromatic heterocycles. The molecular formula is C18H22BrN3O. The van der Waals surface area contributed by atoms with Crippen molar-refractivity contribution < 1.29 is 5.11 Å². The SMILES string of the molecule is Cc1nc(NCc2ccccc2CN2CCC(O)C2)ccc1Br. The molecule has 0 bridgehead atoms. The second kappa shape index (κ2) is 7.43. The monoisotopic (exact) mass is 375 g/mol. The molecule has 0 radical (unpaired) electrons. The van der Waals surface area contributed by atoms with Gasteiger partial charge in [0.2, 0.25) is 0 Å². The molecule has 1 aromatic carbocycles. The molecule has 1 saturated heterocycles. The van der Waals surface area contributed by atoms with Crippen molar-refractivity contribution in [3.8, 4) is 0 Å². The van der Waals surface area contributed by atoms with Crippen molar-refractivity contribution in [3.05, 3.63) is 57.7 Å². The van der Waals surface area contributed by atoms with Crippen LogP contribution in [0.4, 0.5) is 5.82 Å². The lowest BCUT2D eigenvalue weighted by molar-refractivity contribution is 0.174. The number of rotatable bonds is 5. The highest BCUT2D eigenvalue weighted by molar-refractivity contribution is 9.10. The number of aliphatic hydroxyl groups excluding tert-OH is 1. The minimum absolute atomic E-state index is 0.171. The van der Waals surface area contributed by atoms with E-state index in [1.165, 1.54) is 11.1 Å². The molecule has 1 fully saturated rings. The molecule has 0 spiro atoms. The van der Waals surface area contributed by atoms with E-state index in [1.54, 1.807) is 0 Å². The maximum Gasteiger partial charge on any atom is 0.126 e. The summed E-state index contributed by atoms with van der Waals surface area (Å²) in [6, 6.07) is 12.5. The first kappa shape index (κ1) is 16.4. The van der Waals surface area contributed by atoms with Crippen LogP contribution in [0.25, 0.3) is 0 Å². The Morgan fingerprint density at radius 2 is 2.04 bits per heavy atom. The molecule has 2 heterocycles. The lowest BCUT2D eigenvalue weighted by Crippen LogP contribution is -2.22. The molecule has 0 amide bonds. The van der Waals surface area contributed by atoms with Crippen LogP contribution in [0.15, 0.2) is 40.9 Å². The van der Waals surface area contributed by atoms with Gasteiger partial charge in [0.25, 0.3) is 0 Å². The lowest BCUT2D eigenvalue weighted by Gasteiger charge is -2.18. The second-order valence-electron chi connectivity index (χ2n) is 6.06. The molecule has 3 rings (SSSR count). The summed E-state index contributed by atoms with van der Waals surface area (Å²) in [4.78, 5) is 6.84. The number of anilines is 1. The lowest BCUT2D eigenvalue weighted by atomic mass is 10.1. The van der Waals surface area contributed by atoms with Crippen LogP contribution in [-0.4, -0.2) is 34.2 Å². The molecule has 1 unspecified atom stereocenters. The quantitative estimate of drug-likeness (QED) is 0.841. The van der Waals surface area contributed by atoms with E-state index < -0.39 is 0 Å². The van der Waals surface area contributed by atoms with Crippen molar-refractivity contribution in [2.45, 2.75) is 32.5 Å². The van der Waals surface area contributed by atoms with Crippen LogP contribution >= 0.6 is 15.9 Å². The first-order chi connectivity index (χ1) is 11.1. The largest absolute Gasteiger partial charge is 0.392 e. The van der Waals surface area contributed by atoms with Crippen LogP contribution < -0.4 is 5.32 Å². The van der Waals surface area contributed by atoms with Crippen molar-refractivity contribution in [1.29, 1.82) is 0 Å². The van der Waals surface area contributed by atoms with Crippen molar-refractivity contribution in [3.63, 3.8) is 0 Å². The fraction of sp³-hybridized carbons (Fsp3) is 0.389. The number of aliphatic hydroxyl groups is 1. The first-order valence-corrected chi connectivity index (χ1v) is 8.75. The smallest absolute Gasteiger partial charge is 0.126 e. The van der Waals surface area contributed by atoms with E-state index in [1.807, 2.05) is 19.1 Å². The van der Waals surface area contributed by atoms with Crippen LogP contribution in [0, 0.1) is 6.92 Å². The number of hydrogen-bond donors (Lipinski definition) is 2. The van der Waals surface area contributed by atoms with Gasteiger partial charge < -0.3 is 10.4 Å². The Morgan fingerprint density at radius 1 is 1.26 bits per heavy atom. The Bertz CT molecular complexity index is 677. The van der Waals surface area contributed by atoms with Crippen molar-refractivity contribution in [1.82, 2.24) is 9.88 Å². The van der Waals surface area contributed by atoms with Crippen LogP contribution in [0.3, 0.4) is 0 Å². The third-order valence-corrected chi connectivity index (χ3v) is 5.08. The first-order valence-electron chi connectivity index (χ1n) is 7.96. The van der Waals surface area contributed by atoms with Crippen LogP contribution in [0.2, 0.25) is 0 Å². The molecule has 1 aliphatic heterocycles. The normalized spacial score (nSPS) is 18.3. The molecule has 1 atom stereocenters. The van der Waals surface area contributed by atoms with Crippen molar-refractivity contribution >= 4 is 21.7 Å². The number of halogens is 1. The summed E-state index contributed by atoms with van der Waals surface area (Å²) >= 11 is 3.47. The Labute approximate surface area is 145 Å². The van der Waals surface area contributed by atoms with Gasteiger partial charge in [0.1, 0.15) is 5.82 Å². The van der Waals surface area contributed by atoms with E-state index in [-0.39, 0.29) is 6.10 Å². The van der Waals surface area contributed by atoms with Gasteiger partial charge in [-0.2, -0.15) is 0 Å². The minimum atomic E-state index is -0.171. The van der Waals surface area contributed by atoms with Gasteiger partial charge in [0.05, 0.1) is 11.8 Å². The summed E-state index contributed by atoms with van der Waals surface area (Å²) < 4.78 is 1.02. The number of benzene rings is 1. The highest BCUT2D eigenvalue weighted by Crippen LogP contribution is 2.19. The van der Waals surface area contributed by atoms with E-state index in [2.05, 4.69) is 55.4 Å². The number of nitrogens with one attached hydrogen (secondary N) is 1. The molecule has 1 aliphatic rings. The summed E-state index contributed by atoms with van der Waals surface area (Å²) in [5.41, 5.74) is 3.56. The van der Waals surface area contributed by atoms with Gasteiger partial charge >= 0.3 is 0 Å². The minimum Gasteiger partial charge on any atom is -0.392 e. The second-order valence-corrected chi connectivity index (χ2v) is 6.92. The van der Waals surface area contributed by atoms with Crippen LogP contribution in [0.5, 0.6) is 0 Å². The number of hydrogen-bond acceptors (Lipinski definition) is 4. The predicted molar refractivity (Wildman–Crippen MR) is 96.3 cm³/mol. The predicted octanol–water partition coefficient (Wildman–Crippen LogP) is 3.33. The van der Waals surface area contributed by atoms with E-state index in [0.29, 0.717) is 0 Å². The zero-order valence-electron chi connectivity index (χ0n) is 13.3. The molecule has 0 aliphatic carbocycles. The van der Waals surface area contributed by atoms with Gasteiger partial charge in [-0.1, -0.05) is 24.3 Å². The number of nitrogens with zero attached hydrogens (tertiary/aromatic N) is 2. The van der Waals surface area contributed by atoms with Gasteiger partial charge in [-0.25, -0.2) is 4.98 Å². The average molecular weight is 376 g/mol. The molecular weight excluding hydrogens is 354 g/mol. The highest BCUT2D eigenvalue weighted by atomic mass is 79.9. The van der Waals surface area contributed by atoms with Crippen molar-refractivity contribution in [2.75, 3.05) is 18.4 Å². The van der Waals surface area contributed by atoms with Crippen LogP contribution in [-0.2, 0) is 13.1 Å². The number of aryl methyl sites for hydroxylation is 1. The molecule has 23 heavy (non-hydrogen) atoms. The maximum absolute atomic E-state index is 9.68. The zero-order chi connectivity index (χ0) is 16.2. The Balaban J connectivity index is 1.66. The van der Waals surface area contributed by atoms with E-state index >= 15 is 0 Å². The average Bonchev–Trinajstić information content (AvgIpc) is 2.95. The number of β-amino-alcohol motifs (C(OH)–C–C–N with tert-alkyl or cyclic N) is 1. The van der Waals surface area contributed by atoms with E-state index in [9.17, 15) is 5.11 Å². The molecule has 0 saturated carbocycles. The molecule has 2 aromatic rings. The summed E-state index contributed by atoms with van der Waals surface area (Å²) in [6.07, 6.45) is 0.706. The van der Waals surface area contributed by atoms with E-state index in [0.717, 1.165) is 48.6 Å². The summed E-state index contributed by atoms with van der Waals surface area (Å²) in [5.74, 6) is 0.886. The van der Waals surface area contributed by atoms with Gasteiger partial charge in [-0.05, 0) is 52.5 Å². The van der Waals surface area contributed by atoms with Gasteiger partial charge in [-0.3, -0.25) is 4.90 Å².